The first kappa shape index (κ1) is 31.0. The van der Waals surface area contributed by atoms with Crippen molar-refractivity contribution in [2.24, 2.45) is 0 Å². The predicted molar refractivity (Wildman–Crippen MR) is 150 cm³/mol. The van der Waals surface area contributed by atoms with Crippen LogP contribution >= 0.6 is 0 Å². The first-order chi connectivity index (χ1) is 18.0. The van der Waals surface area contributed by atoms with Gasteiger partial charge in [0.1, 0.15) is 17.5 Å². The fraction of sp³-hybridized carbons (Fsp3) is 0.500. The maximum atomic E-state index is 13.4. The third kappa shape index (κ3) is 8.93. The molecule has 0 radical (unpaired) electrons. The highest BCUT2D eigenvalue weighted by Crippen LogP contribution is 2.30. The molecule has 0 aromatic heterocycles. The minimum atomic E-state index is -3.63. The van der Waals surface area contributed by atoms with E-state index in [4.69, 9.17) is 9.47 Å². The Kier molecular flexibility index (Phi) is 11.9. The monoisotopic (exact) mass is 547 g/mol. The van der Waals surface area contributed by atoms with Gasteiger partial charge in [0, 0.05) is 25.6 Å². The number of para-hydroxylation sites is 2. The molecule has 0 aliphatic heterocycles. The van der Waals surface area contributed by atoms with Crippen molar-refractivity contribution in [3.05, 3.63) is 54.1 Å². The highest BCUT2D eigenvalue weighted by atomic mass is 32.2. The average Bonchev–Trinajstić information content (AvgIpc) is 2.89. The summed E-state index contributed by atoms with van der Waals surface area (Å²) in [6, 6.07) is 13.5. The van der Waals surface area contributed by atoms with Gasteiger partial charge in [-0.3, -0.25) is 13.9 Å². The van der Waals surface area contributed by atoms with E-state index in [9.17, 15) is 18.0 Å². The lowest BCUT2D eigenvalue weighted by Gasteiger charge is -2.30. The van der Waals surface area contributed by atoms with Gasteiger partial charge in [0.25, 0.3) is 0 Å². The van der Waals surface area contributed by atoms with Crippen molar-refractivity contribution in [2.75, 3.05) is 30.8 Å². The molecule has 0 fully saturated rings. The van der Waals surface area contributed by atoms with Crippen LogP contribution in [0.2, 0.25) is 0 Å². The van der Waals surface area contributed by atoms with E-state index in [1.54, 1.807) is 43.2 Å². The third-order valence-corrected chi connectivity index (χ3v) is 7.45. The van der Waals surface area contributed by atoms with Gasteiger partial charge >= 0.3 is 0 Å². The van der Waals surface area contributed by atoms with E-state index >= 15 is 0 Å². The SMILES string of the molecule is CCOc1ccccc1N(CCCC(=O)N(Cc1ccc(OC)cc1)[C@@H](C)C(=O)N[C@@H](C)CC)S(C)(=O)=O. The summed E-state index contributed by atoms with van der Waals surface area (Å²) in [5, 5.41) is 2.95. The van der Waals surface area contributed by atoms with Crippen molar-refractivity contribution in [1.82, 2.24) is 10.2 Å². The molecule has 2 amide bonds. The number of ether oxygens (including phenoxy) is 2. The first-order valence-corrected chi connectivity index (χ1v) is 14.8. The van der Waals surface area contributed by atoms with E-state index < -0.39 is 16.1 Å². The zero-order chi connectivity index (χ0) is 28.3. The molecular weight excluding hydrogens is 506 g/mol. The Bertz CT molecular complexity index is 1150. The molecule has 2 rings (SSSR count). The van der Waals surface area contributed by atoms with Crippen LogP contribution in [0.3, 0.4) is 0 Å². The van der Waals surface area contributed by atoms with Crippen LogP contribution in [0.15, 0.2) is 48.5 Å². The van der Waals surface area contributed by atoms with Crippen molar-refractivity contribution in [3.63, 3.8) is 0 Å². The van der Waals surface area contributed by atoms with Crippen LogP contribution in [0.1, 0.15) is 52.5 Å². The van der Waals surface area contributed by atoms with Gasteiger partial charge in [-0.05, 0) is 63.4 Å². The Morgan fingerprint density at radius 1 is 1.03 bits per heavy atom. The van der Waals surface area contributed by atoms with E-state index in [2.05, 4.69) is 5.32 Å². The third-order valence-electron chi connectivity index (χ3n) is 6.27. The van der Waals surface area contributed by atoms with E-state index in [1.807, 2.05) is 45.0 Å². The van der Waals surface area contributed by atoms with Gasteiger partial charge in [-0.1, -0.05) is 31.2 Å². The van der Waals surface area contributed by atoms with Gasteiger partial charge in [0.05, 0.1) is 25.7 Å². The lowest BCUT2D eigenvalue weighted by atomic mass is 10.1. The number of amides is 2. The number of hydrogen-bond donors (Lipinski definition) is 1. The molecule has 38 heavy (non-hydrogen) atoms. The lowest BCUT2D eigenvalue weighted by Crippen LogP contribution is -2.49. The molecule has 9 nitrogen and oxygen atoms in total. The van der Waals surface area contributed by atoms with Crippen LogP contribution in [0, 0.1) is 0 Å². The summed E-state index contributed by atoms with van der Waals surface area (Å²) in [4.78, 5) is 27.9. The van der Waals surface area contributed by atoms with E-state index in [0.717, 1.165) is 18.2 Å². The molecule has 0 heterocycles. The van der Waals surface area contributed by atoms with Crippen molar-refractivity contribution in [1.29, 1.82) is 0 Å². The highest BCUT2D eigenvalue weighted by molar-refractivity contribution is 7.92. The Morgan fingerprint density at radius 3 is 2.26 bits per heavy atom. The first-order valence-electron chi connectivity index (χ1n) is 12.9. The zero-order valence-electron chi connectivity index (χ0n) is 23.3. The quantitative estimate of drug-likeness (QED) is 0.362. The van der Waals surface area contributed by atoms with Crippen molar-refractivity contribution in [2.45, 2.75) is 65.6 Å². The summed E-state index contributed by atoms with van der Waals surface area (Å²) in [5.74, 6) is 0.689. The smallest absolute Gasteiger partial charge is 0.242 e. The van der Waals surface area contributed by atoms with Crippen LogP contribution in [-0.4, -0.2) is 63.7 Å². The fourth-order valence-electron chi connectivity index (χ4n) is 3.90. The molecule has 2 aromatic carbocycles. The maximum absolute atomic E-state index is 13.4. The molecule has 0 aliphatic carbocycles. The Morgan fingerprint density at radius 2 is 1.68 bits per heavy atom. The highest BCUT2D eigenvalue weighted by Gasteiger charge is 2.27. The minimum absolute atomic E-state index is 0.0170. The number of rotatable bonds is 15. The lowest BCUT2D eigenvalue weighted by molar-refractivity contribution is -0.140. The second-order valence-electron chi connectivity index (χ2n) is 9.20. The molecule has 0 bridgehead atoms. The summed E-state index contributed by atoms with van der Waals surface area (Å²) >= 11 is 0. The fourth-order valence-corrected chi connectivity index (χ4v) is 4.87. The molecule has 2 aromatic rings. The summed E-state index contributed by atoms with van der Waals surface area (Å²) in [5.41, 5.74) is 1.28. The van der Waals surface area contributed by atoms with Crippen LogP contribution in [0.25, 0.3) is 0 Å². The number of carbonyl (C=O) groups is 2. The average molecular weight is 548 g/mol. The summed E-state index contributed by atoms with van der Waals surface area (Å²) < 4.78 is 37.4. The molecule has 0 spiro atoms. The number of hydrogen-bond acceptors (Lipinski definition) is 6. The maximum Gasteiger partial charge on any atom is 0.242 e. The minimum Gasteiger partial charge on any atom is -0.497 e. The van der Waals surface area contributed by atoms with Crippen molar-refractivity contribution < 1.29 is 27.5 Å². The molecule has 2 atom stereocenters. The van der Waals surface area contributed by atoms with Gasteiger partial charge in [-0.2, -0.15) is 0 Å². The van der Waals surface area contributed by atoms with E-state index in [1.165, 1.54) is 4.31 Å². The molecule has 1 N–H and O–H groups in total. The molecular formula is C28H41N3O6S. The van der Waals surface area contributed by atoms with E-state index in [0.29, 0.717) is 23.8 Å². The number of methoxy groups -OCH3 is 1. The topological polar surface area (TPSA) is 105 Å². The predicted octanol–water partition coefficient (Wildman–Crippen LogP) is 3.97. The molecule has 210 valence electrons. The largest absolute Gasteiger partial charge is 0.497 e. The second kappa shape index (κ2) is 14.6. The number of nitrogens with zero attached hydrogens (tertiary/aromatic N) is 2. The number of sulfonamides is 1. The van der Waals surface area contributed by atoms with Crippen molar-refractivity contribution >= 4 is 27.5 Å². The van der Waals surface area contributed by atoms with Crippen LogP contribution in [-0.2, 0) is 26.2 Å². The zero-order valence-corrected chi connectivity index (χ0v) is 24.1. The molecule has 10 heteroatoms. The number of benzene rings is 2. The summed E-state index contributed by atoms with van der Waals surface area (Å²) in [7, 11) is -2.04. The Hall–Kier alpha value is -3.27. The number of nitrogens with one attached hydrogen (secondary N) is 1. The second-order valence-corrected chi connectivity index (χ2v) is 11.1. The number of carbonyl (C=O) groups excluding carboxylic acids is 2. The molecule has 0 aliphatic rings. The molecule has 0 saturated heterocycles. The number of anilines is 1. The van der Waals surface area contributed by atoms with Gasteiger partial charge in [-0.25, -0.2) is 8.42 Å². The molecule has 0 saturated carbocycles. The van der Waals surface area contributed by atoms with Crippen LogP contribution in [0.4, 0.5) is 5.69 Å². The van der Waals surface area contributed by atoms with Gasteiger partial charge < -0.3 is 19.7 Å². The normalized spacial score (nSPS) is 12.8. The standard InChI is InChI=1S/C28H41N3O6S/c1-7-21(3)29-28(33)22(4)30(20-23-15-17-24(36-5)18-16-23)27(32)14-11-19-31(38(6,34)35)25-12-9-10-13-26(25)37-8-2/h9-10,12-13,15-18,21-22H,7-8,11,14,19-20H2,1-6H3,(H,29,33)/t21-,22-/m0/s1. The van der Waals surface area contributed by atoms with E-state index in [-0.39, 0.29) is 43.8 Å². The van der Waals surface area contributed by atoms with Gasteiger partial charge in [-0.15, -0.1) is 0 Å². The summed E-state index contributed by atoms with van der Waals surface area (Å²) in [6.45, 7) is 8.16. The van der Waals surface area contributed by atoms with Crippen molar-refractivity contribution in [3.8, 4) is 11.5 Å². The van der Waals surface area contributed by atoms with Crippen LogP contribution in [0.5, 0.6) is 11.5 Å². The Labute approximate surface area is 227 Å². The summed E-state index contributed by atoms with van der Waals surface area (Å²) in [6.07, 6.45) is 2.25. The van der Waals surface area contributed by atoms with Crippen LogP contribution < -0.4 is 19.1 Å². The molecule has 0 unspecified atom stereocenters. The van der Waals surface area contributed by atoms with Gasteiger partial charge in [0.2, 0.25) is 21.8 Å². The Balaban J connectivity index is 2.21. The van der Waals surface area contributed by atoms with Gasteiger partial charge in [0.15, 0.2) is 0 Å².